The Labute approximate surface area is 198 Å². The number of thiophene rings is 1. The molecule has 1 N–H and O–H groups in total. The molecule has 33 heavy (non-hydrogen) atoms. The minimum atomic E-state index is -0.569. The zero-order valence-corrected chi connectivity index (χ0v) is 20.6. The van der Waals surface area contributed by atoms with E-state index in [-0.39, 0.29) is 29.3 Å². The summed E-state index contributed by atoms with van der Waals surface area (Å²) in [7, 11) is 2.61. The molecule has 1 aromatic heterocycles. The van der Waals surface area contributed by atoms with Gasteiger partial charge in [0, 0.05) is 11.3 Å². The monoisotopic (exact) mass is 473 g/mol. The number of aryl methyl sites for hydroxylation is 1. The van der Waals surface area contributed by atoms with Crippen LogP contribution in [0.5, 0.6) is 5.75 Å². The zero-order chi connectivity index (χ0) is 24.2. The number of methoxy groups -OCH3 is 2. The second kappa shape index (κ2) is 10.4. The summed E-state index contributed by atoms with van der Waals surface area (Å²) >= 11 is 1.32. The molecule has 7 nitrogen and oxygen atoms in total. The third-order valence-corrected chi connectivity index (χ3v) is 6.88. The van der Waals surface area contributed by atoms with E-state index in [1.165, 1.54) is 31.1 Å². The lowest BCUT2D eigenvalue weighted by atomic mass is 9.87. The summed E-state index contributed by atoms with van der Waals surface area (Å²) in [5, 5.41) is 3.25. The molecule has 0 spiro atoms. The third-order valence-electron chi connectivity index (χ3n) is 5.70. The smallest absolute Gasteiger partial charge is 0.341 e. The van der Waals surface area contributed by atoms with E-state index in [1.807, 2.05) is 24.3 Å². The number of nitrogens with one attached hydrogen (secondary N) is 1. The van der Waals surface area contributed by atoms with Gasteiger partial charge in [-0.1, -0.05) is 32.9 Å². The molecule has 0 saturated carbocycles. The molecule has 1 heterocycles. The predicted molar refractivity (Wildman–Crippen MR) is 127 cm³/mol. The fraction of sp³-hybridized carbons (Fsp3) is 0.480. The number of amides is 1. The molecule has 1 amide bonds. The topological polar surface area (TPSA) is 90.9 Å². The number of benzene rings is 1. The standard InChI is InChI=1S/C25H31NO6S/c1-25(2,3)15-8-10-16(11-9-15)32-14-6-7-19(27)26-22-21(24(29)31-5)20-17(23(28)30-4)12-13-18(20)33-22/h8-11,17H,6-7,12-14H2,1-5H3,(H,26,27)/t17-/m1/s1. The number of ether oxygens (including phenoxy) is 3. The maximum absolute atomic E-state index is 12.5. The van der Waals surface area contributed by atoms with Crippen LogP contribution >= 0.6 is 11.3 Å². The van der Waals surface area contributed by atoms with Crippen molar-refractivity contribution >= 4 is 34.2 Å². The van der Waals surface area contributed by atoms with E-state index in [0.29, 0.717) is 36.4 Å². The van der Waals surface area contributed by atoms with Crippen molar-refractivity contribution in [1.29, 1.82) is 0 Å². The number of anilines is 1. The molecule has 0 unspecified atom stereocenters. The molecule has 3 rings (SSSR count). The van der Waals surface area contributed by atoms with Crippen molar-refractivity contribution in [3.63, 3.8) is 0 Å². The van der Waals surface area contributed by atoms with Crippen LogP contribution in [0, 0.1) is 0 Å². The quantitative estimate of drug-likeness (QED) is 0.436. The Balaban J connectivity index is 1.58. The molecule has 1 aromatic carbocycles. The first-order valence-corrected chi connectivity index (χ1v) is 11.8. The first-order chi connectivity index (χ1) is 15.7. The largest absolute Gasteiger partial charge is 0.494 e. The van der Waals surface area contributed by atoms with Gasteiger partial charge in [0.1, 0.15) is 10.8 Å². The summed E-state index contributed by atoms with van der Waals surface area (Å²) in [5.41, 5.74) is 2.19. The van der Waals surface area contributed by atoms with Gasteiger partial charge in [-0.3, -0.25) is 9.59 Å². The highest BCUT2D eigenvalue weighted by molar-refractivity contribution is 7.17. The summed E-state index contributed by atoms with van der Waals surface area (Å²) in [6, 6.07) is 7.98. The van der Waals surface area contributed by atoms with Gasteiger partial charge in [0.25, 0.3) is 0 Å². The number of rotatable bonds is 8. The number of hydrogen-bond donors (Lipinski definition) is 1. The van der Waals surface area contributed by atoms with Crippen molar-refractivity contribution < 1.29 is 28.6 Å². The highest BCUT2D eigenvalue weighted by Gasteiger charge is 2.38. The predicted octanol–water partition coefficient (Wildman–Crippen LogP) is 4.83. The van der Waals surface area contributed by atoms with Crippen LogP contribution < -0.4 is 10.1 Å². The van der Waals surface area contributed by atoms with Gasteiger partial charge in [0.05, 0.1) is 32.3 Å². The summed E-state index contributed by atoms with van der Waals surface area (Å²) in [5.74, 6) is -0.928. The fourth-order valence-electron chi connectivity index (χ4n) is 3.90. The van der Waals surface area contributed by atoms with Crippen LogP contribution in [0.15, 0.2) is 24.3 Å². The van der Waals surface area contributed by atoms with E-state index in [1.54, 1.807) is 0 Å². The molecule has 1 aliphatic carbocycles. The summed E-state index contributed by atoms with van der Waals surface area (Å²) in [6.45, 7) is 6.87. The first kappa shape index (κ1) is 24.8. The van der Waals surface area contributed by atoms with Gasteiger partial charge < -0.3 is 19.5 Å². The summed E-state index contributed by atoms with van der Waals surface area (Å²) in [4.78, 5) is 38.1. The Hall–Kier alpha value is -2.87. The minimum absolute atomic E-state index is 0.0819. The Morgan fingerprint density at radius 1 is 1.09 bits per heavy atom. The van der Waals surface area contributed by atoms with Crippen molar-refractivity contribution in [1.82, 2.24) is 0 Å². The Morgan fingerprint density at radius 3 is 2.39 bits per heavy atom. The van der Waals surface area contributed by atoms with Crippen LogP contribution in [0.25, 0.3) is 0 Å². The molecule has 178 valence electrons. The van der Waals surface area contributed by atoms with Crippen molar-refractivity contribution in [2.75, 3.05) is 26.1 Å². The molecule has 0 aliphatic heterocycles. The number of esters is 2. The van der Waals surface area contributed by atoms with Crippen LogP contribution in [-0.2, 0) is 30.9 Å². The molecule has 0 saturated heterocycles. The molecular weight excluding hydrogens is 442 g/mol. The van der Waals surface area contributed by atoms with Crippen LogP contribution in [0.2, 0.25) is 0 Å². The number of carbonyl (C=O) groups excluding carboxylic acids is 3. The van der Waals surface area contributed by atoms with Gasteiger partial charge in [-0.2, -0.15) is 0 Å². The van der Waals surface area contributed by atoms with Gasteiger partial charge in [-0.05, 0) is 47.9 Å². The molecular formula is C25H31NO6S. The molecule has 0 radical (unpaired) electrons. The van der Waals surface area contributed by atoms with E-state index < -0.39 is 11.9 Å². The van der Waals surface area contributed by atoms with Gasteiger partial charge in [0.15, 0.2) is 0 Å². The Morgan fingerprint density at radius 2 is 1.79 bits per heavy atom. The second-order valence-electron chi connectivity index (χ2n) is 9.02. The zero-order valence-electron chi connectivity index (χ0n) is 19.8. The summed E-state index contributed by atoms with van der Waals surface area (Å²) < 4.78 is 15.6. The van der Waals surface area contributed by atoms with Crippen molar-refractivity contribution in [2.24, 2.45) is 0 Å². The van der Waals surface area contributed by atoms with E-state index >= 15 is 0 Å². The van der Waals surface area contributed by atoms with Crippen LogP contribution in [0.3, 0.4) is 0 Å². The summed E-state index contributed by atoms with van der Waals surface area (Å²) in [6.07, 6.45) is 2.00. The SMILES string of the molecule is COC(=O)c1c(NC(=O)CCCOc2ccc(C(C)(C)C)cc2)sc2c1[C@H](C(=O)OC)CC2. The lowest BCUT2D eigenvalue weighted by molar-refractivity contribution is -0.142. The maximum atomic E-state index is 12.5. The second-order valence-corrected chi connectivity index (χ2v) is 10.1. The molecule has 2 aromatic rings. The van der Waals surface area contributed by atoms with Crippen LogP contribution in [0.1, 0.15) is 72.3 Å². The van der Waals surface area contributed by atoms with Gasteiger partial charge >= 0.3 is 11.9 Å². The van der Waals surface area contributed by atoms with Crippen molar-refractivity contribution in [2.45, 2.75) is 57.8 Å². The molecule has 1 atom stereocenters. The van der Waals surface area contributed by atoms with Gasteiger partial charge in [0.2, 0.25) is 5.91 Å². The van der Waals surface area contributed by atoms with E-state index in [2.05, 4.69) is 26.1 Å². The van der Waals surface area contributed by atoms with Gasteiger partial charge in [-0.15, -0.1) is 11.3 Å². The van der Waals surface area contributed by atoms with Crippen LogP contribution in [-0.4, -0.2) is 38.7 Å². The van der Waals surface area contributed by atoms with E-state index in [0.717, 1.165) is 10.6 Å². The average Bonchev–Trinajstić information content (AvgIpc) is 3.34. The normalized spacial score (nSPS) is 15.0. The molecule has 0 bridgehead atoms. The lowest BCUT2D eigenvalue weighted by Gasteiger charge is -2.19. The van der Waals surface area contributed by atoms with Gasteiger partial charge in [-0.25, -0.2) is 4.79 Å². The molecule has 8 heteroatoms. The minimum Gasteiger partial charge on any atom is -0.494 e. The average molecular weight is 474 g/mol. The third kappa shape index (κ3) is 5.74. The first-order valence-electron chi connectivity index (χ1n) is 11.0. The van der Waals surface area contributed by atoms with E-state index in [9.17, 15) is 14.4 Å². The number of fused-ring (bicyclic) bond motifs is 1. The highest BCUT2D eigenvalue weighted by atomic mass is 32.1. The van der Waals surface area contributed by atoms with E-state index in [4.69, 9.17) is 14.2 Å². The number of hydrogen-bond acceptors (Lipinski definition) is 7. The highest BCUT2D eigenvalue weighted by Crippen LogP contribution is 2.45. The molecule has 0 fully saturated rings. The maximum Gasteiger partial charge on any atom is 0.341 e. The van der Waals surface area contributed by atoms with Crippen LogP contribution in [0.4, 0.5) is 5.00 Å². The lowest BCUT2D eigenvalue weighted by Crippen LogP contribution is -2.18. The van der Waals surface area contributed by atoms with Crippen molar-refractivity contribution in [3.05, 3.63) is 45.8 Å². The molecule has 1 aliphatic rings. The Kier molecular flexibility index (Phi) is 7.79. The fourth-order valence-corrected chi connectivity index (χ4v) is 5.18. The van der Waals surface area contributed by atoms with Crippen molar-refractivity contribution in [3.8, 4) is 5.75 Å². The number of carbonyl (C=O) groups is 3. The Bertz CT molecular complexity index is 1020.